The van der Waals surface area contributed by atoms with Gasteiger partial charge in [-0.05, 0) is 30.7 Å². The second-order valence-corrected chi connectivity index (χ2v) is 6.76. The van der Waals surface area contributed by atoms with E-state index in [1.54, 1.807) is 7.11 Å². The van der Waals surface area contributed by atoms with Crippen LogP contribution in [0.2, 0.25) is 5.02 Å². The fourth-order valence-electron chi connectivity index (χ4n) is 1.52. The molecule has 0 bridgehead atoms. The van der Waals surface area contributed by atoms with Crippen LogP contribution in [0.1, 0.15) is 12.8 Å². The highest BCUT2D eigenvalue weighted by atomic mass is 35.5. The van der Waals surface area contributed by atoms with Crippen LogP contribution in [0.15, 0.2) is 29.2 Å². The quantitative estimate of drug-likeness (QED) is 0.740. The number of halogens is 1. The van der Waals surface area contributed by atoms with Crippen molar-refractivity contribution in [3.05, 3.63) is 29.3 Å². The summed E-state index contributed by atoms with van der Waals surface area (Å²) in [6.45, 7) is 1.04. The summed E-state index contributed by atoms with van der Waals surface area (Å²) in [7, 11) is -1.87. The molecule has 0 saturated carbocycles. The van der Waals surface area contributed by atoms with Crippen molar-refractivity contribution in [1.82, 2.24) is 5.32 Å². The van der Waals surface area contributed by atoms with Crippen LogP contribution < -0.4 is 5.32 Å². The molecule has 7 heteroatoms. The van der Waals surface area contributed by atoms with E-state index in [0.717, 1.165) is 0 Å². The minimum absolute atomic E-state index is 0.0576. The van der Waals surface area contributed by atoms with Crippen LogP contribution >= 0.6 is 11.6 Å². The van der Waals surface area contributed by atoms with Crippen molar-refractivity contribution < 1.29 is 17.9 Å². The van der Waals surface area contributed by atoms with Crippen molar-refractivity contribution in [2.45, 2.75) is 17.7 Å². The van der Waals surface area contributed by atoms with E-state index in [-0.39, 0.29) is 23.0 Å². The Balaban J connectivity index is 2.43. The third-order valence-corrected chi connectivity index (χ3v) is 4.60. The number of nitrogens with one attached hydrogen (secondary N) is 1. The Kier molecular flexibility index (Phi) is 6.98. The van der Waals surface area contributed by atoms with E-state index in [2.05, 4.69) is 5.32 Å². The molecule has 1 rings (SSSR count). The van der Waals surface area contributed by atoms with Gasteiger partial charge in [0.15, 0.2) is 9.84 Å². The zero-order chi connectivity index (χ0) is 15.0. The molecule has 0 unspecified atom stereocenters. The molecular formula is C13H18ClNO4S. The predicted molar refractivity (Wildman–Crippen MR) is 77.6 cm³/mol. The molecule has 0 heterocycles. The average Bonchev–Trinajstić information content (AvgIpc) is 2.42. The molecule has 20 heavy (non-hydrogen) atoms. The Bertz CT molecular complexity index is 528. The van der Waals surface area contributed by atoms with Gasteiger partial charge in [-0.3, -0.25) is 4.79 Å². The maximum Gasteiger partial charge on any atom is 0.221 e. The molecule has 1 aromatic carbocycles. The number of hydrogen-bond acceptors (Lipinski definition) is 4. The van der Waals surface area contributed by atoms with E-state index in [0.29, 0.717) is 24.6 Å². The highest BCUT2D eigenvalue weighted by Crippen LogP contribution is 2.15. The summed E-state index contributed by atoms with van der Waals surface area (Å²) < 4.78 is 28.8. The van der Waals surface area contributed by atoms with Gasteiger partial charge < -0.3 is 10.1 Å². The van der Waals surface area contributed by atoms with Gasteiger partial charge >= 0.3 is 0 Å². The highest BCUT2D eigenvalue weighted by molar-refractivity contribution is 7.91. The molecule has 1 aromatic rings. The van der Waals surface area contributed by atoms with Gasteiger partial charge in [-0.25, -0.2) is 8.42 Å². The SMILES string of the molecule is COCCCNC(=O)CCS(=O)(=O)c1ccc(Cl)cc1. The number of methoxy groups -OCH3 is 1. The Morgan fingerprint density at radius 1 is 1.30 bits per heavy atom. The summed E-state index contributed by atoms with van der Waals surface area (Å²) in [5, 5.41) is 3.12. The molecular weight excluding hydrogens is 302 g/mol. The fourth-order valence-corrected chi connectivity index (χ4v) is 2.89. The van der Waals surface area contributed by atoms with Gasteiger partial charge in [-0.15, -0.1) is 0 Å². The average molecular weight is 320 g/mol. The minimum atomic E-state index is -3.45. The number of amides is 1. The van der Waals surface area contributed by atoms with E-state index in [9.17, 15) is 13.2 Å². The number of hydrogen-bond donors (Lipinski definition) is 1. The lowest BCUT2D eigenvalue weighted by atomic mass is 10.4. The van der Waals surface area contributed by atoms with Crippen LogP contribution in [0.3, 0.4) is 0 Å². The Hall–Kier alpha value is -1.11. The van der Waals surface area contributed by atoms with Crippen molar-refractivity contribution in [3.63, 3.8) is 0 Å². The van der Waals surface area contributed by atoms with Gasteiger partial charge in [0.2, 0.25) is 5.91 Å². The molecule has 1 amide bonds. The molecule has 0 aliphatic heterocycles. The van der Waals surface area contributed by atoms with Crippen LogP contribution in [0, 0.1) is 0 Å². The monoisotopic (exact) mass is 319 g/mol. The molecule has 0 spiro atoms. The lowest BCUT2D eigenvalue weighted by Crippen LogP contribution is -2.27. The zero-order valence-corrected chi connectivity index (χ0v) is 12.8. The Morgan fingerprint density at radius 2 is 1.95 bits per heavy atom. The van der Waals surface area contributed by atoms with Crippen LogP contribution in [0.5, 0.6) is 0 Å². The van der Waals surface area contributed by atoms with Crippen LogP contribution in [-0.2, 0) is 19.4 Å². The molecule has 0 fully saturated rings. The van der Waals surface area contributed by atoms with Crippen LogP contribution in [0.25, 0.3) is 0 Å². The van der Waals surface area contributed by atoms with Crippen molar-refractivity contribution in [2.24, 2.45) is 0 Å². The summed E-state index contributed by atoms with van der Waals surface area (Å²) in [6.07, 6.45) is 0.643. The number of carbonyl (C=O) groups is 1. The van der Waals surface area contributed by atoms with Crippen molar-refractivity contribution in [1.29, 1.82) is 0 Å². The summed E-state index contributed by atoms with van der Waals surface area (Å²) in [5.41, 5.74) is 0. The molecule has 112 valence electrons. The normalized spacial score (nSPS) is 11.3. The minimum Gasteiger partial charge on any atom is -0.385 e. The molecule has 5 nitrogen and oxygen atoms in total. The van der Waals surface area contributed by atoms with Crippen LogP contribution in [0.4, 0.5) is 0 Å². The summed E-state index contributed by atoms with van der Waals surface area (Å²) in [4.78, 5) is 11.7. The summed E-state index contributed by atoms with van der Waals surface area (Å²) in [5.74, 6) is -0.497. The largest absolute Gasteiger partial charge is 0.385 e. The maximum atomic E-state index is 12.0. The topological polar surface area (TPSA) is 72.5 Å². The molecule has 0 aliphatic rings. The summed E-state index contributed by atoms with van der Waals surface area (Å²) >= 11 is 5.70. The van der Waals surface area contributed by atoms with Gasteiger partial charge in [0.1, 0.15) is 0 Å². The first-order valence-corrected chi connectivity index (χ1v) is 8.22. The van der Waals surface area contributed by atoms with E-state index >= 15 is 0 Å². The third-order valence-electron chi connectivity index (χ3n) is 2.62. The first-order chi connectivity index (χ1) is 9.45. The van der Waals surface area contributed by atoms with E-state index in [1.165, 1.54) is 24.3 Å². The number of carbonyl (C=O) groups excluding carboxylic acids is 1. The van der Waals surface area contributed by atoms with Gasteiger partial charge in [0.25, 0.3) is 0 Å². The Morgan fingerprint density at radius 3 is 2.55 bits per heavy atom. The van der Waals surface area contributed by atoms with Gasteiger partial charge in [0, 0.05) is 31.7 Å². The third kappa shape index (κ3) is 5.90. The standard InChI is InChI=1S/C13H18ClNO4S/c1-19-9-2-8-15-13(16)7-10-20(17,18)12-5-3-11(14)4-6-12/h3-6H,2,7-10H2,1H3,(H,15,16). The number of benzene rings is 1. The van der Waals surface area contributed by atoms with E-state index < -0.39 is 9.84 Å². The summed E-state index contributed by atoms with van der Waals surface area (Å²) in [6, 6.07) is 5.90. The molecule has 0 aromatic heterocycles. The first kappa shape index (κ1) is 16.9. The molecule has 0 radical (unpaired) electrons. The number of sulfone groups is 1. The fraction of sp³-hybridized carbons (Fsp3) is 0.462. The van der Waals surface area contributed by atoms with Crippen LogP contribution in [-0.4, -0.2) is 40.3 Å². The smallest absolute Gasteiger partial charge is 0.221 e. The second-order valence-electron chi connectivity index (χ2n) is 4.22. The maximum absolute atomic E-state index is 12.0. The van der Waals surface area contributed by atoms with E-state index in [4.69, 9.17) is 16.3 Å². The zero-order valence-electron chi connectivity index (χ0n) is 11.3. The molecule has 0 aliphatic carbocycles. The molecule has 0 saturated heterocycles. The van der Waals surface area contributed by atoms with Crippen molar-refractivity contribution >= 4 is 27.3 Å². The lowest BCUT2D eigenvalue weighted by Gasteiger charge is -2.06. The molecule has 0 atom stereocenters. The van der Waals surface area contributed by atoms with Gasteiger partial charge in [-0.2, -0.15) is 0 Å². The lowest BCUT2D eigenvalue weighted by molar-refractivity contribution is -0.120. The molecule has 1 N–H and O–H groups in total. The number of rotatable bonds is 8. The van der Waals surface area contributed by atoms with Gasteiger partial charge in [0.05, 0.1) is 10.6 Å². The van der Waals surface area contributed by atoms with E-state index in [1.807, 2.05) is 0 Å². The van der Waals surface area contributed by atoms with Crippen molar-refractivity contribution in [3.8, 4) is 0 Å². The Labute approximate surface area is 124 Å². The second kappa shape index (κ2) is 8.24. The van der Waals surface area contributed by atoms with Crippen molar-refractivity contribution in [2.75, 3.05) is 26.0 Å². The first-order valence-electron chi connectivity index (χ1n) is 6.19. The van der Waals surface area contributed by atoms with Gasteiger partial charge in [-0.1, -0.05) is 11.6 Å². The predicted octanol–water partition coefficient (Wildman–Crippen LogP) is 1.66. The number of ether oxygens (including phenoxy) is 1. The highest BCUT2D eigenvalue weighted by Gasteiger charge is 2.16.